The van der Waals surface area contributed by atoms with Gasteiger partial charge in [-0.3, -0.25) is 4.79 Å². The van der Waals surface area contributed by atoms with Gasteiger partial charge in [0.05, 0.1) is 5.56 Å². The molecule has 0 radical (unpaired) electrons. The molecule has 0 fully saturated rings. The number of aromatic amines is 1. The van der Waals surface area contributed by atoms with Crippen molar-refractivity contribution in [1.29, 1.82) is 0 Å². The van der Waals surface area contributed by atoms with Crippen LogP contribution in [0.5, 0.6) is 0 Å². The summed E-state index contributed by atoms with van der Waals surface area (Å²) in [6.07, 6.45) is 4.82. The zero-order valence-electron chi connectivity index (χ0n) is 18.9. The summed E-state index contributed by atoms with van der Waals surface area (Å²) in [4.78, 5) is 18.1. The van der Waals surface area contributed by atoms with Crippen LogP contribution in [0.25, 0.3) is 10.9 Å². The Hall–Kier alpha value is -2.78. The third-order valence-electron chi connectivity index (χ3n) is 6.13. The number of H-pyrrole nitrogens is 1. The number of hydrogen-bond donors (Lipinski definition) is 1. The minimum absolute atomic E-state index is 0.104. The lowest BCUT2D eigenvalue weighted by molar-refractivity contribution is 0.103. The lowest BCUT2D eigenvalue weighted by Crippen LogP contribution is -2.04. The number of benzene rings is 3. The Bertz CT molecular complexity index is 1160. The maximum atomic E-state index is 13.3. The smallest absolute Gasteiger partial charge is 0.195 e. The fourth-order valence-corrected chi connectivity index (χ4v) is 5.36. The Morgan fingerprint density at radius 3 is 2.34 bits per heavy atom. The molecule has 164 valence electrons. The molecule has 32 heavy (non-hydrogen) atoms. The number of unbranched alkanes of at least 4 members (excludes halogenated alkanes) is 2. The molecule has 0 aliphatic heterocycles. The summed E-state index contributed by atoms with van der Waals surface area (Å²) in [5, 5.41) is 1.10. The van der Waals surface area contributed by atoms with Crippen LogP contribution in [0, 0.1) is 6.92 Å². The van der Waals surface area contributed by atoms with Gasteiger partial charge in [0.15, 0.2) is 5.78 Å². The Morgan fingerprint density at radius 2 is 1.59 bits per heavy atom. The van der Waals surface area contributed by atoms with Gasteiger partial charge in [-0.1, -0.05) is 80.4 Å². The summed E-state index contributed by atoms with van der Waals surface area (Å²) < 4.78 is 0. The Morgan fingerprint density at radius 1 is 0.875 bits per heavy atom. The molecule has 3 aromatic carbocycles. The van der Waals surface area contributed by atoms with E-state index in [1.807, 2.05) is 49.0 Å². The molecule has 1 atom stereocenters. The molecule has 0 bridgehead atoms. The highest BCUT2D eigenvalue weighted by atomic mass is 32.2. The van der Waals surface area contributed by atoms with Gasteiger partial charge in [0, 0.05) is 27.1 Å². The SMILES string of the molecule is Cc1[nH]c2cccc(C(C)CCCCCSc3ccccc3)c2c1C(=O)c1ccccc1. The second-order valence-electron chi connectivity index (χ2n) is 8.50. The molecule has 0 amide bonds. The average Bonchev–Trinajstić information content (AvgIpc) is 3.17. The molecular formula is C29H31NOS. The average molecular weight is 442 g/mol. The lowest BCUT2D eigenvalue weighted by atomic mass is 9.89. The molecule has 1 heterocycles. The maximum Gasteiger partial charge on any atom is 0.195 e. The van der Waals surface area contributed by atoms with Gasteiger partial charge in [0.25, 0.3) is 0 Å². The van der Waals surface area contributed by atoms with Crippen LogP contribution >= 0.6 is 11.8 Å². The van der Waals surface area contributed by atoms with Gasteiger partial charge >= 0.3 is 0 Å². The summed E-state index contributed by atoms with van der Waals surface area (Å²) in [5.41, 5.74) is 4.87. The van der Waals surface area contributed by atoms with E-state index in [1.165, 1.54) is 35.5 Å². The molecule has 0 saturated heterocycles. The van der Waals surface area contributed by atoms with Crippen molar-refractivity contribution in [2.24, 2.45) is 0 Å². The van der Waals surface area contributed by atoms with Gasteiger partial charge in [-0.25, -0.2) is 0 Å². The first-order valence-electron chi connectivity index (χ1n) is 11.5. The predicted molar refractivity (Wildman–Crippen MR) is 137 cm³/mol. The van der Waals surface area contributed by atoms with Gasteiger partial charge in [-0.15, -0.1) is 11.8 Å². The first-order chi connectivity index (χ1) is 15.6. The summed E-state index contributed by atoms with van der Waals surface area (Å²) in [6.45, 7) is 4.31. The van der Waals surface area contributed by atoms with Crippen molar-refractivity contribution in [2.45, 2.75) is 50.3 Å². The number of hydrogen-bond acceptors (Lipinski definition) is 2. The number of ketones is 1. The highest BCUT2D eigenvalue weighted by Crippen LogP contribution is 2.34. The largest absolute Gasteiger partial charge is 0.358 e. The molecule has 3 heteroatoms. The Balaban J connectivity index is 1.42. The summed E-state index contributed by atoms with van der Waals surface area (Å²) in [5.74, 6) is 1.69. The molecule has 0 spiro atoms. The molecule has 0 aliphatic carbocycles. The number of carbonyl (C=O) groups is 1. The number of aromatic nitrogens is 1. The van der Waals surface area contributed by atoms with Crippen LogP contribution in [-0.2, 0) is 0 Å². The normalized spacial score (nSPS) is 12.2. The first-order valence-corrected chi connectivity index (χ1v) is 12.5. The van der Waals surface area contributed by atoms with Gasteiger partial charge in [-0.2, -0.15) is 0 Å². The minimum Gasteiger partial charge on any atom is -0.358 e. The van der Waals surface area contributed by atoms with Gasteiger partial charge < -0.3 is 4.98 Å². The van der Waals surface area contributed by atoms with Crippen LogP contribution in [0.2, 0.25) is 0 Å². The van der Waals surface area contributed by atoms with Crippen molar-refractivity contribution < 1.29 is 4.79 Å². The van der Waals surface area contributed by atoms with Gasteiger partial charge in [0.2, 0.25) is 0 Å². The molecule has 2 nitrogen and oxygen atoms in total. The van der Waals surface area contributed by atoms with Crippen LogP contribution in [0.15, 0.2) is 83.8 Å². The third-order valence-corrected chi connectivity index (χ3v) is 7.23. The predicted octanol–water partition coefficient (Wildman–Crippen LogP) is 8.16. The summed E-state index contributed by atoms with van der Waals surface area (Å²) in [6, 6.07) is 26.6. The van der Waals surface area contributed by atoms with E-state index in [0.717, 1.165) is 34.1 Å². The number of rotatable bonds is 10. The van der Waals surface area contributed by atoms with E-state index in [0.29, 0.717) is 5.92 Å². The molecule has 1 unspecified atom stereocenters. The van der Waals surface area contributed by atoms with Crippen LogP contribution in [0.1, 0.15) is 65.7 Å². The zero-order valence-corrected chi connectivity index (χ0v) is 19.8. The van der Waals surface area contributed by atoms with Gasteiger partial charge in [-0.05, 0) is 55.2 Å². The van der Waals surface area contributed by atoms with Crippen LogP contribution in [-0.4, -0.2) is 16.5 Å². The van der Waals surface area contributed by atoms with E-state index >= 15 is 0 Å². The van der Waals surface area contributed by atoms with E-state index < -0.39 is 0 Å². The molecular weight excluding hydrogens is 410 g/mol. The fraction of sp³-hybridized carbons (Fsp3) is 0.276. The van der Waals surface area contributed by atoms with Crippen molar-refractivity contribution in [2.75, 3.05) is 5.75 Å². The molecule has 0 saturated carbocycles. The number of fused-ring (bicyclic) bond motifs is 1. The van der Waals surface area contributed by atoms with Crippen LogP contribution in [0.4, 0.5) is 0 Å². The Labute approximate surface area is 195 Å². The monoisotopic (exact) mass is 441 g/mol. The van der Waals surface area contributed by atoms with E-state index in [2.05, 4.69) is 60.4 Å². The van der Waals surface area contributed by atoms with Crippen molar-refractivity contribution in [3.05, 3.63) is 101 Å². The third kappa shape index (κ3) is 5.16. The van der Waals surface area contributed by atoms with E-state index in [9.17, 15) is 4.79 Å². The minimum atomic E-state index is 0.104. The number of nitrogens with one attached hydrogen (secondary N) is 1. The van der Waals surface area contributed by atoms with Crippen molar-refractivity contribution in [3.63, 3.8) is 0 Å². The highest BCUT2D eigenvalue weighted by molar-refractivity contribution is 7.99. The standard InChI is InChI=1S/C29H31NOS/c1-21(13-6-5-11-20-32-24-16-9-4-10-17-24)25-18-12-19-26-28(25)27(22(2)30-26)29(31)23-14-7-3-8-15-23/h3-4,7-10,12,14-19,21,30H,5-6,11,13,20H2,1-2H3. The molecule has 1 N–H and O–H groups in total. The fourth-order valence-electron chi connectivity index (χ4n) is 4.43. The second-order valence-corrected chi connectivity index (χ2v) is 9.67. The Kier molecular flexibility index (Phi) is 7.49. The molecule has 1 aromatic heterocycles. The first kappa shape index (κ1) is 22.4. The van der Waals surface area contributed by atoms with Crippen LogP contribution in [0.3, 0.4) is 0 Å². The molecule has 0 aliphatic rings. The van der Waals surface area contributed by atoms with Crippen molar-refractivity contribution >= 4 is 28.4 Å². The van der Waals surface area contributed by atoms with Crippen molar-refractivity contribution in [1.82, 2.24) is 4.98 Å². The van der Waals surface area contributed by atoms with Crippen LogP contribution < -0.4 is 0 Å². The lowest BCUT2D eigenvalue weighted by Gasteiger charge is -2.14. The quantitative estimate of drug-likeness (QED) is 0.153. The van der Waals surface area contributed by atoms with E-state index in [1.54, 1.807) is 0 Å². The summed E-state index contributed by atoms with van der Waals surface area (Å²) in [7, 11) is 0. The van der Waals surface area contributed by atoms with Crippen molar-refractivity contribution in [3.8, 4) is 0 Å². The number of aryl methyl sites for hydroxylation is 1. The number of thioether (sulfide) groups is 1. The molecule has 4 aromatic rings. The molecule has 4 rings (SSSR count). The van der Waals surface area contributed by atoms with E-state index in [-0.39, 0.29) is 5.78 Å². The summed E-state index contributed by atoms with van der Waals surface area (Å²) >= 11 is 1.94. The maximum absolute atomic E-state index is 13.3. The second kappa shape index (κ2) is 10.7. The topological polar surface area (TPSA) is 32.9 Å². The van der Waals surface area contributed by atoms with Gasteiger partial charge in [0.1, 0.15) is 0 Å². The number of carbonyl (C=O) groups excluding carboxylic acids is 1. The van der Waals surface area contributed by atoms with E-state index in [4.69, 9.17) is 0 Å². The zero-order chi connectivity index (χ0) is 22.3. The highest BCUT2D eigenvalue weighted by Gasteiger charge is 2.21.